The van der Waals surface area contributed by atoms with Gasteiger partial charge in [-0.25, -0.2) is 19.2 Å². The standard InChI is InChI=1S/C16H24O12.4ClH.2Ti/c17-13-14(18)27-11-7-23-3-4-24-8-12-28-16(20)15(19)26-10-6-22-2-1-21-5-9-25-13;;;;;;/h1-12H2;4*1H;;/q;;;;;2*+2/p-4. The van der Waals surface area contributed by atoms with Crippen molar-refractivity contribution in [3.63, 3.8) is 0 Å². The summed E-state index contributed by atoms with van der Waals surface area (Å²) >= 11 is -1.11. The Bertz CT molecular complexity index is 458. The van der Waals surface area contributed by atoms with Crippen molar-refractivity contribution in [1.82, 2.24) is 0 Å². The Morgan fingerprint density at radius 1 is 0.382 bits per heavy atom. The summed E-state index contributed by atoms with van der Waals surface area (Å²) in [5.74, 6) is -4.47. The van der Waals surface area contributed by atoms with Crippen LogP contribution in [-0.4, -0.2) is 103 Å². The van der Waals surface area contributed by atoms with Gasteiger partial charge in [0.2, 0.25) is 0 Å². The minimum absolute atomic E-state index is 0.0618. The molecule has 0 atom stereocenters. The van der Waals surface area contributed by atoms with E-state index in [9.17, 15) is 19.2 Å². The molecule has 34 heavy (non-hydrogen) atoms. The molecule has 1 aliphatic rings. The normalized spacial score (nSPS) is 18.5. The van der Waals surface area contributed by atoms with Crippen LogP contribution in [0.25, 0.3) is 0 Å². The Balaban J connectivity index is 0. The fourth-order valence-corrected chi connectivity index (χ4v) is 1.65. The molecule has 12 nitrogen and oxygen atoms in total. The second kappa shape index (κ2) is 29.5. The number of halogens is 4. The number of esters is 4. The van der Waals surface area contributed by atoms with E-state index in [1.807, 2.05) is 0 Å². The monoisotopic (exact) mass is 644 g/mol. The molecule has 1 fully saturated rings. The molecule has 0 N–H and O–H groups in total. The molecule has 1 rings (SSSR count). The summed E-state index contributed by atoms with van der Waals surface area (Å²) in [7, 11) is 19.6. The number of carbonyl (C=O) groups excluding carboxylic acids is 4. The van der Waals surface area contributed by atoms with E-state index in [1.165, 1.54) is 0 Å². The average molecular weight is 646 g/mol. The van der Waals surface area contributed by atoms with Gasteiger partial charge in [-0.1, -0.05) is 0 Å². The third-order valence-electron chi connectivity index (χ3n) is 2.92. The number of cyclic esters (lactones) is 4. The molecule has 0 aromatic carbocycles. The Morgan fingerprint density at radius 3 is 0.706 bits per heavy atom. The van der Waals surface area contributed by atoms with Gasteiger partial charge < -0.3 is 37.9 Å². The van der Waals surface area contributed by atoms with Gasteiger partial charge in [0.05, 0.1) is 52.9 Å². The maximum absolute atomic E-state index is 11.4. The van der Waals surface area contributed by atoms with Gasteiger partial charge in [-0.15, -0.1) is 0 Å². The molecule has 0 saturated carbocycles. The van der Waals surface area contributed by atoms with Crippen molar-refractivity contribution in [2.75, 3.05) is 79.3 Å². The van der Waals surface area contributed by atoms with E-state index in [0.717, 1.165) is 0 Å². The van der Waals surface area contributed by atoms with Crippen molar-refractivity contribution >= 4 is 61.1 Å². The quantitative estimate of drug-likeness (QED) is 0.161. The van der Waals surface area contributed by atoms with Crippen molar-refractivity contribution in [2.24, 2.45) is 0 Å². The number of hydrogen-bond acceptors (Lipinski definition) is 12. The van der Waals surface area contributed by atoms with Gasteiger partial charge in [-0.2, -0.15) is 0 Å². The van der Waals surface area contributed by atoms with Crippen LogP contribution in [0.1, 0.15) is 0 Å². The van der Waals surface area contributed by atoms with Gasteiger partial charge in [0.25, 0.3) is 0 Å². The van der Waals surface area contributed by atoms with Gasteiger partial charge in [-0.3, -0.25) is 0 Å². The number of ether oxygens (including phenoxy) is 8. The van der Waals surface area contributed by atoms with Crippen molar-refractivity contribution in [2.45, 2.75) is 0 Å². The molecule has 0 bridgehead atoms. The van der Waals surface area contributed by atoms with Crippen molar-refractivity contribution < 1.29 is 91.1 Å². The summed E-state index contributed by atoms with van der Waals surface area (Å²) in [5, 5.41) is 0. The fraction of sp³-hybridized carbons (Fsp3) is 0.750. The van der Waals surface area contributed by atoms with Gasteiger partial charge in [0.1, 0.15) is 26.4 Å². The molecule has 196 valence electrons. The molecule has 0 aliphatic carbocycles. The molecule has 1 heterocycles. The molecule has 18 heteroatoms. The maximum atomic E-state index is 11.4. The topological polar surface area (TPSA) is 142 Å². The Labute approximate surface area is 230 Å². The van der Waals surface area contributed by atoms with Crippen molar-refractivity contribution in [3.8, 4) is 0 Å². The predicted molar refractivity (Wildman–Crippen MR) is 111 cm³/mol. The van der Waals surface area contributed by atoms with E-state index >= 15 is 0 Å². The Kier molecular flexibility index (Phi) is 31.7. The van der Waals surface area contributed by atoms with Crippen LogP contribution in [0, 0.1) is 0 Å². The number of rotatable bonds is 0. The summed E-state index contributed by atoms with van der Waals surface area (Å²) < 4.78 is 39.2. The Morgan fingerprint density at radius 2 is 0.529 bits per heavy atom. The van der Waals surface area contributed by atoms with Gasteiger partial charge in [0, 0.05) is 0 Å². The van der Waals surface area contributed by atoms with Crippen LogP contribution >= 0.6 is 37.2 Å². The van der Waals surface area contributed by atoms with E-state index in [1.54, 1.807) is 0 Å². The first kappa shape index (κ1) is 36.5. The summed E-state index contributed by atoms with van der Waals surface area (Å²) in [6, 6.07) is 0. The molecule has 1 aliphatic heterocycles. The van der Waals surface area contributed by atoms with Crippen LogP contribution in [0.4, 0.5) is 0 Å². The van der Waals surface area contributed by atoms with Gasteiger partial charge >= 0.3 is 95.2 Å². The zero-order valence-electron chi connectivity index (χ0n) is 17.9. The third kappa shape index (κ3) is 26.9. The first-order valence-electron chi connectivity index (χ1n) is 9.35. The summed E-state index contributed by atoms with van der Waals surface area (Å²) in [5.41, 5.74) is 0. The van der Waals surface area contributed by atoms with Gasteiger partial charge in [-0.05, 0) is 0 Å². The molecule has 0 spiro atoms. The molecular weight excluding hydrogens is 622 g/mol. The number of carbonyl (C=O) groups is 4. The SMILES string of the molecule is O=C1OCCOCCOCCOC(=O)C(=O)OCCOCCOCCOC1=O.[Cl][Ti][Cl].[Cl][Ti][Cl]. The molecule has 0 amide bonds. The summed E-state index contributed by atoms with van der Waals surface area (Å²) in [4.78, 5) is 45.4. The average Bonchev–Trinajstić information content (AvgIpc) is 2.81. The van der Waals surface area contributed by atoms with Gasteiger partial charge in [0.15, 0.2) is 0 Å². The van der Waals surface area contributed by atoms with E-state index in [2.05, 4.69) is 18.9 Å². The predicted octanol–water partition coefficient (Wildman–Crippen LogP) is 0.992. The first-order chi connectivity index (χ1) is 16.4. The second-order valence-electron chi connectivity index (χ2n) is 5.14. The molecular formula is C16H24Cl4O12Ti2. The minimum atomic E-state index is -1.12. The van der Waals surface area contributed by atoms with Crippen LogP contribution < -0.4 is 0 Å². The molecule has 1 saturated heterocycles. The summed E-state index contributed by atoms with van der Waals surface area (Å²) in [6.45, 7) is 0.512. The van der Waals surface area contributed by atoms with Crippen LogP contribution in [0.2, 0.25) is 0 Å². The van der Waals surface area contributed by atoms with Crippen LogP contribution in [-0.2, 0) is 91.1 Å². The van der Waals surface area contributed by atoms with Crippen LogP contribution in [0.15, 0.2) is 0 Å². The van der Waals surface area contributed by atoms with E-state index in [4.69, 9.17) is 56.2 Å². The van der Waals surface area contributed by atoms with Crippen molar-refractivity contribution in [1.29, 1.82) is 0 Å². The van der Waals surface area contributed by atoms with Crippen LogP contribution in [0.5, 0.6) is 0 Å². The second-order valence-corrected chi connectivity index (χ2v) is 10.3. The van der Waals surface area contributed by atoms with E-state index in [-0.39, 0.29) is 79.3 Å². The molecule has 0 radical (unpaired) electrons. The third-order valence-corrected chi connectivity index (χ3v) is 2.92. The molecule has 0 unspecified atom stereocenters. The zero-order valence-corrected chi connectivity index (χ0v) is 24.0. The Hall–Kier alpha value is 0.309. The number of hydrogen-bond donors (Lipinski definition) is 0. The van der Waals surface area contributed by atoms with Crippen LogP contribution in [0.3, 0.4) is 0 Å². The first-order valence-corrected chi connectivity index (χ1v) is 17.9. The van der Waals surface area contributed by atoms with Crippen molar-refractivity contribution in [3.05, 3.63) is 0 Å². The molecule has 0 aromatic rings. The molecule has 0 aromatic heterocycles. The zero-order chi connectivity index (χ0) is 25.9. The van der Waals surface area contributed by atoms with E-state index in [0.29, 0.717) is 0 Å². The fourth-order valence-electron chi connectivity index (χ4n) is 1.65. The van der Waals surface area contributed by atoms with E-state index < -0.39 is 57.9 Å². The summed E-state index contributed by atoms with van der Waals surface area (Å²) in [6.07, 6.45) is 0.